The van der Waals surface area contributed by atoms with Gasteiger partial charge in [0.05, 0.1) is 6.04 Å². The Balaban J connectivity index is 1.57. The average molecular weight is 323 g/mol. The Hall–Kier alpha value is -2.29. The SMILES string of the molecule is Cc1ccccc1OC[C@H](C)NC(=O)c1ccc2c(c1)CCCC2. The summed E-state index contributed by atoms with van der Waals surface area (Å²) in [7, 11) is 0. The van der Waals surface area contributed by atoms with E-state index < -0.39 is 0 Å². The number of amides is 1. The number of hydrogen-bond acceptors (Lipinski definition) is 2. The van der Waals surface area contributed by atoms with Gasteiger partial charge in [-0.05, 0) is 74.4 Å². The maximum Gasteiger partial charge on any atom is 0.251 e. The summed E-state index contributed by atoms with van der Waals surface area (Å²) in [5.74, 6) is 0.844. The van der Waals surface area contributed by atoms with Gasteiger partial charge in [-0.3, -0.25) is 4.79 Å². The molecule has 126 valence electrons. The van der Waals surface area contributed by atoms with Crippen molar-refractivity contribution in [1.82, 2.24) is 5.32 Å². The highest BCUT2D eigenvalue weighted by atomic mass is 16.5. The minimum atomic E-state index is -0.0480. The molecule has 0 saturated heterocycles. The quantitative estimate of drug-likeness (QED) is 0.901. The molecule has 0 aromatic heterocycles. The molecule has 24 heavy (non-hydrogen) atoms. The standard InChI is InChI=1S/C21H25NO2/c1-15-7-3-6-10-20(15)24-14-16(2)22-21(23)19-12-11-17-8-4-5-9-18(17)13-19/h3,6-7,10-13,16H,4-5,8-9,14H2,1-2H3,(H,22,23)/t16-/m0/s1. The molecule has 2 aromatic carbocycles. The molecule has 0 radical (unpaired) electrons. The van der Waals surface area contributed by atoms with Crippen LogP contribution in [0.5, 0.6) is 5.75 Å². The zero-order valence-electron chi connectivity index (χ0n) is 14.5. The molecule has 3 nitrogen and oxygen atoms in total. The molecule has 3 heteroatoms. The Bertz CT molecular complexity index is 724. The highest BCUT2D eigenvalue weighted by molar-refractivity contribution is 5.94. The molecule has 0 unspecified atom stereocenters. The van der Waals surface area contributed by atoms with Crippen molar-refractivity contribution >= 4 is 5.91 Å². The maximum absolute atomic E-state index is 12.5. The van der Waals surface area contributed by atoms with Gasteiger partial charge in [0.2, 0.25) is 0 Å². The van der Waals surface area contributed by atoms with E-state index in [0.717, 1.165) is 29.7 Å². The van der Waals surface area contributed by atoms with Crippen LogP contribution in [0, 0.1) is 6.92 Å². The molecular formula is C21H25NO2. The monoisotopic (exact) mass is 323 g/mol. The topological polar surface area (TPSA) is 38.3 Å². The summed E-state index contributed by atoms with van der Waals surface area (Å²) in [4.78, 5) is 12.5. The van der Waals surface area contributed by atoms with Gasteiger partial charge < -0.3 is 10.1 Å². The second-order valence-electron chi connectivity index (χ2n) is 6.64. The fraction of sp³-hybridized carbons (Fsp3) is 0.381. The number of fused-ring (bicyclic) bond motifs is 1. The molecule has 1 aliphatic carbocycles. The van der Waals surface area contributed by atoms with Crippen LogP contribution in [0.2, 0.25) is 0 Å². The number of rotatable bonds is 5. The normalized spacial score (nSPS) is 14.6. The van der Waals surface area contributed by atoms with E-state index in [1.807, 2.05) is 44.2 Å². The number of nitrogens with one attached hydrogen (secondary N) is 1. The second-order valence-corrected chi connectivity index (χ2v) is 6.64. The molecule has 1 aliphatic rings. The largest absolute Gasteiger partial charge is 0.491 e. The highest BCUT2D eigenvalue weighted by Crippen LogP contribution is 2.22. The zero-order chi connectivity index (χ0) is 16.9. The van der Waals surface area contributed by atoms with Gasteiger partial charge in [-0.2, -0.15) is 0 Å². The van der Waals surface area contributed by atoms with Crippen LogP contribution in [0.3, 0.4) is 0 Å². The average Bonchev–Trinajstić information content (AvgIpc) is 2.60. The van der Waals surface area contributed by atoms with Gasteiger partial charge in [0.15, 0.2) is 0 Å². The summed E-state index contributed by atoms with van der Waals surface area (Å²) in [5.41, 5.74) is 4.58. The molecule has 0 saturated carbocycles. The highest BCUT2D eigenvalue weighted by Gasteiger charge is 2.14. The number of carbonyl (C=O) groups is 1. The van der Waals surface area contributed by atoms with Crippen molar-refractivity contribution < 1.29 is 9.53 Å². The number of para-hydroxylation sites is 1. The van der Waals surface area contributed by atoms with E-state index in [1.54, 1.807) is 0 Å². The van der Waals surface area contributed by atoms with Crippen LogP contribution in [0.15, 0.2) is 42.5 Å². The van der Waals surface area contributed by atoms with Crippen molar-refractivity contribution in [1.29, 1.82) is 0 Å². The van der Waals surface area contributed by atoms with Crippen LogP contribution in [0.4, 0.5) is 0 Å². The molecule has 3 rings (SSSR count). The molecule has 1 atom stereocenters. The fourth-order valence-electron chi connectivity index (χ4n) is 3.16. The van der Waals surface area contributed by atoms with Crippen LogP contribution in [0.1, 0.15) is 46.8 Å². The summed E-state index contributed by atoms with van der Waals surface area (Å²) >= 11 is 0. The number of carbonyl (C=O) groups excluding carboxylic acids is 1. The Morgan fingerprint density at radius 1 is 1.12 bits per heavy atom. The first-order valence-electron chi connectivity index (χ1n) is 8.74. The summed E-state index contributed by atoms with van der Waals surface area (Å²) in [6, 6.07) is 14.0. The first-order valence-corrected chi connectivity index (χ1v) is 8.74. The molecular weight excluding hydrogens is 298 g/mol. The lowest BCUT2D eigenvalue weighted by molar-refractivity contribution is 0.0926. The number of aryl methyl sites for hydroxylation is 3. The number of ether oxygens (including phenoxy) is 1. The van der Waals surface area contributed by atoms with Gasteiger partial charge >= 0.3 is 0 Å². The summed E-state index contributed by atoms with van der Waals surface area (Å²) < 4.78 is 5.81. The van der Waals surface area contributed by atoms with E-state index in [2.05, 4.69) is 17.4 Å². The lowest BCUT2D eigenvalue weighted by Gasteiger charge is -2.18. The van der Waals surface area contributed by atoms with E-state index in [9.17, 15) is 4.79 Å². The minimum Gasteiger partial charge on any atom is -0.491 e. The summed E-state index contributed by atoms with van der Waals surface area (Å²) in [6.07, 6.45) is 4.70. The van der Waals surface area contributed by atoms with Gasteiger partial charge in [0.1, 0.15) is 12.4 Å². The van der Waals surface area contributed by atoms with Crippen molar-refractivity contribution in [2.24, 2.45) is 0 Å². The van der Waals surface area contributed by atoms with Gasteiger partial charge in [0.25, 0.3) is 5.91 Å². The van der Waals surface area contributed by atoms with E-state index in [1.165, 1.54) is 24.0 Å². The van der Waals surface area contributed by atoms with Crippen LogP contribution < -0.4 is 10.1 Å². The van der Waals surface area contributed by atoms with Gasteiger partial charge in [0, 0.05) is 5.56 Å². The van der Waals surface area contributed by atoms with Crippen molar-refractivity contribution in [2.75, 3.05) is 6.61 Å². The lowest BCUT2D eigenvalue weighted by Crippen LogP contribution is -2.36. The molecule has 0 bridgehead atoms. The molecule has 0 aliphatic heterocycles. The molecule has 1 N–H and O–H groups in total. The third-order valence-corrected chi connectivity index (χ3v) is 4.57. The summed E-state index contributed by atoms with van der Waals surface area (Å²) in [6.45, 7) is 4.45. The third-order valence-electron chi connectivity index (χ3n) is 4.57. The van der Waals surface area contributed by atoms with E-state index in [-0.39, 0.29) is 11.9 Å². The van der Waals surface area contributed by atoms with Crippen LogP contribution >= 0.6 is 0 Å². The van der Waals surface area contributed by atoms with Crippen LogP contribution in [-0.2, 0) is 12.8 Å². The predicted octanol–water partition coefficient (Wildman–Crippen LogP) is 4.07. The van der Waals surface area contributed by atoms with Crippen molar-refractivity contribution in [2.45, 2.75) is 45.6 Å². The fourth-order valence-corrected chi connectivity index (χ4v) is 3.16. The Kier molecular flexibility index (Phi) is 5.19. The van der Waals surface area contributed by atoms with Crippen LogP contribution in [0.25, 0.3) is 0 Å². The maximum atomic E-state index is 12.5. The van der Waals surface area contributed by atoms with E-state index in [4.69, 9.17) is 4.74 Å². The van der Waals surface area contributed by atoms with Gasteiger partial charge in [-0.25, -0.2) is 0 Å². The van der Waals surface area contributed by atoms with E-state index in [0.29, 0.717) is 6.61 Å². The van der Waals surface area contributed by atoms with Crippen molar-refractivity contribution in [3.05, 3.63) is 64.7 Å². The van der Waals surface area contributed by atoms with Crippen LogP contribution in [-0.4, -0.2) is 18.6 Å². The van der Waals surface area contributed by atoms with Crippen molar-refractivity contribution in [3.63, 3.8) is 0 Å². The zero-order valence-corrected chi connectivity index (χ0v) is 14.5. The Morgan fingerprint density at radius 2 is 1.88 bits per heavy atom. The first kappa shape index (κ1) is 16.6. The smallest absolute Gasteiger partial charge is 0.251 e. The van der Waals surface area contributed by atoms with E-state index >= 15 is 0 Å². The number of hydrogen-bond donors (Lipinski definition) is 1. The molecule has 2 aromatic rings. The van der Waals surface area contributed by atoms with Crippen molar-refractivity contribution in [3.8, 4) is 5.75 Å². The lowest BCUT2D eigenvalue weighted by atomic mass is 9.90. The van der Waals surface area contributed by atoms with Gasteiger partial charge in [-0.1, -0.05) is 24.3 Å². The van der Waals surface area contributed by atoms with Gasteiger partial charge in [-0.15, -0.1) is 0 Å². The summed E-state index contributed by atoms with van der Waals surface area (Å²) in [5, 5.41) is 3.03. The third kappa shape index (κ3) is 3.97. The molecule has 1 amide bonds. The minimum absolute atomic E-state index is 0.0238. The molecule has 0 fully saturated rings. The molecule has 0 heterocycles. The number of benzene rings is 2. The first-order chi connectivity index (χ1) is 11.6. The predicted molar refractivity (Wildman–Crippen MR) is 96.7 cm³/mol. The molecule has 0 spiro atoms. The Labute approximate surface area is 144 Å². The second kappa shape index (κ2) is 7.52. The Morgan fingerprint density at radius 3 is 2.67 bits per heavy atom.